The molecule has 0 spiro atoms. The number of benzene rings is 1. The molecule has 0 amide bonds. The second-order valence-electron chi connectivity index (χ2n) is 5.05. The molecule has 2 aliphatic carbocycles. The van der Waals surface area contributed by atoms with E-state index in [-0.39, 0.29) is 10.1 Å². The van der Waals surface area contributed by atoms with Crippen molar-refractivity contribution in [3.63, 3.8) is 0 Å². The molecule has 0 aromatic heterocycles. The first-order chi connectivity index (χ1) is 7.93. The van der Waals surface area contributed by atoms with Crippen LogP contribution in [0, 0.1) is 5.82 Å². The minimum atomic E-state index is -3.45. The Bertz CT molecular complexity index is 574. The molecular weight excluding hydrogens is 241 g/mol. The summed E-state index contributed by atoms with van der Waals surface area (Å²) in [6, 6.07) is 4.29. The van der Waals surface area contributed by atoms with Gasteiger partial charge >= 0.3 is 0 Å². The van der Waals surface area contributed by atoms with Gasteiger partial charge in [-0.3, -0.25) is 0 Å². The van der Waals surface area contributed by atoms with E-state index in [2.05, 4.69) is 0 Å². The molecular formula is C12H14FNO2S. The van der Waals surface area contributed by atoms with Gasteiger partial charge in [-0.1, -0.05) is 6.07 Å². The molecule has 1 aromatic carbocycles. The Balaban J connectivity index is 2.02. The minimum absolute atomic E-state index is 0.173. The maximum atomic E-state index is 13.9. The van der Waals surface area contributed by atoms with Gasteiger partial charge in [-0.25, -0.2) is 12.8 Å². The van der Waals surface area contributed by atoms with Crippen molar-refractivity contribution in [1.82, 2.24) is 0 Å². The summed E-state index contributed by atoms with van der Waals surface area (Å²) < 4.78 is 37.7. The van der Waals surface area contributed by atoms with Crippen molar-refractivity contribution in [2.24, 2.45) is 5.73 Å². The van der Waals surface area contributed by atoms with Gasteiger partial charge in [0.25, 0.3) is 0 Å². The summed E-state index contributed by atoms with van der Waals surface area (Å²) in [6.45, 7) is 0. The van der Waals surface area contributed by atoms with Crippen molar-refractivity contribution < 1.29 is 12.8 Å². The number of sulfone groups is 1. The van der Waals surface area contributed by atoms with E-state index in [1.165, 1.54) is 12.1 Å². The van der Waals surface area contributed by atoms with E-state index in [0.29, 0.717) is 18.4 Å². The van der Waals surface area contributed by atoms with Crippen LogP contribution in [-0.4, -0.2) is 13.7 Å². The summed E-state index contributed by atoms with van der Waals surface area (Å²) in [7, 11) is -3.45. The normalized spacial score (nSPS) is 22.5. The smallest absolute Gasteiger partial charge is 0.184 e. The van der Waals surface area contributed by atoms with Crippen LogP contribution in [0.2, 0.25) is 0 Å². The summed E-state index contributed by atoms with van der Waals surface area (Å²) in [5, 5.41) is -0.379. The Hall–Kier alpha value is -0.940. The molecule has 0 aliphatic heterocycles. The zero-order chi connectivity index (χ0) is 12.3. The largest absolute Gasteiger partial charge is 0.321 e. The second kappa shape index (κ2) is 3.29. The summed E-state index contributed by atoms with van der Waals surface area (Å²) in [5.41, 5.74) is 6.22. The van der Waals surface area contributed by atoms with Gasteiger partial charge in [-0.05, 0) is 43.4 Å². The molecule has 0 bridgehead atoms. The summed E-state index contributed by atoms with van der Waals surface area (Å²) in [5.74, 6) is -0.661. The molecule has 0 saturated heterocycles. The van der Waals surface area contributed by atoms with Gasteiger partial charge in [0.2, 0.25) is 0 Å². The van der Waals surface area contributed by atoms with Crippen LogP contribution in [0.1, 0.15) is 31.2 Å². The average Bonchev–Trinajstić information content (AvgIpc) is 3.11. The van der Waals surface area contributed by atoms with Crippen molar-refractivity contribution in [1.29, 1.82) is 0 Å². The predicted molar refractivity (Wildman–Crippen MR) is 61.7 cm³/mol. The first-order valence-electron chi connectivity index (χ1n) is 5.76. The zero-order valence-electron chi connectivity index (χ0n) is 9.32. The van der Waals surface area contributed by atoms with E-state index >= 15 is 0 Å². The van der Waals surface area contributed by atoms with E-state index in [9.17, 15) is 12.8 Å². The SMILES string of the molecule is NC1(c2ccc(S(=O)(=O)C3CC3)c(F)c2)CC1. The van der Waals surface area contributed by atoms with Crippen LogP contribution in [0.5, 0.6) is 0 Å². The highest BCUT2D eigenvalue weighted by Crippen LogP contribution is 2.43. The topological polar surface area (TPSA) is 60.2 Å². The highest BCUT2D eigenvalue weighted by Gasteiger charge is 2.42. The molecule has 2 N–H and O–H groups in total. The van der Waals surface area contributed by atoms with Crippen molar-refractivity contribution in [3.8, 4) is 0 Å². The zero-order valence-corrected chi connectivity index (χ0v) is 10.1. The summed E-state index contributed by atoms with van der Waals surface area (Å²) in [6.07, 6.45) is 2.96. The molecule has 2 saturated carbocycles. The second-order valence-corrected chi connectivity index (χ2v) is 7.24. The van der Waals surface area contributed by atoms with Crippen molar-refractivity contribution in [2.45, 2.75) is 41.4 Å². The molecule has 2 aliphatic rings. The van der Waals surface area contributed by atoms with Gasteiger partial charge in [-0.2, -0.15) is 0 Å². The van der Waals surface area contributed by atoms with Crippen molar-refractivity contribution in [3.05, 3.63) is 29.6 Å². The fourth-order valence-electron chi connectivity index (χ4n) is 2.02. The number of hydrogen-bond acceptors (Lipinski definition) is 3. The number of hydrogen-bond donors (Lipinski definition) is 1. The van der Waals surface area contributed by atoms with Gasteiger partial charge in [0.1, 0.15) is 10.7 Å². The highest BCUT2D eigenvalue weighted by molar-refractivity contribution is 7.92. The number of halogens is 1. The van der Waals surface area contributed by atoms with E-state index in [1.807, 2.05) is 0 Å². The fourth-order valence-corrected chi connectivity index (χ4v) is 3.73. The Morgan fingerprint density at radius 1 is 1.29 bits per heavy atom. The van der Waals surface area contributed by atoms with Crippen LogP contribution >= 0.6 is 0 Å². The van der Waals surface area contributed by atoms with Crippen LogP contribution in [0.3, 0.4) is 0 Å². The van der Waals surface area contributed by atoms with Crippen LogP contribution in [-0.2, 0) is 15.4 Å². The lowest BCUT2D eigenvalue weighted by atomic mass is 10.1. The highest BCUT2D eigenvalue weighted by atomic mass is 32.2. The number of rotatable bonds is 3. The van der Waals surface area contributed by atoms with Gasteiger partial charge in [0, 0.05) is 5.54 Å². The van der Waals surface area contributed by atoms with E-state index < -0.39 is 21.2 Å². The molecule has 0 heterocycles. The van der Waals surface area contributed by atoms with Crippen molar-refractivity contribution >= 4 is 9.84 Å². The van der Waals surface area contributed by atoms with E-state index in [4.69, 9.17) is 5.73 Å². The van der Waals surface area contributed by atoms with Gasteiger partial charge in [0.05, 0.1) is 5.25 Å². The molecule has 17 heavy (non-hydrogen) atoms. The molecule has 3 nitrogen and oxygen atoms in total. The molecule has 3 rings (SSSR count). The molecule has 0 unspecified atom stereocenters. The van der Waals surface area contributed by atoms with Gasteiger partial charge in [0.15, 0.2) is 9.84 Å². The number of nitrogens with two attached hydrogens (primary N) is 1. The Morgan fingerprint density at radius 3 is 2.41 bits per heavy atom. The quantitative estimate of drug-likeness (QED) is 0.894. The van der Waals surface area contributed by atoms with Crippen LogP contribution in [0.25, 0.3) is 0 Å². The van der Waals surface area contributed by atoms with Crippen LogP contribution in [0.15, 0.2) is 23.1 Å². The maximum Gasteiger partial charge on any atom is 0.184 e. The summed E-state index contributed by atoms with van der Waals surface area (Å²) >= 11 is 0. The molecule has 5 heteroatoms. The average molecular weight is 255 g/mol. The third-order valence-electron chi connectivity index (χ3n) is 3.57. The minimum Gasteiger partial charge on any atom is -0.321 e. The predicted octanol–water partition coefficient (Wildman–Crippen LogP) is 1.71. The third kappa shape index (κ3) is 1.77. The third-order valence-corrected chi connectivity index (χ3v) is 5.86. The lowest BCUT2D eigenvalue weighted by Crippen LogP contribution is -2.19. The van der Waals surface area contributed by atoms with Crippen LogP contribution in [0.4, 0.5) is 4.39 Å². The first kappa shape index (κ1) is 11.2. The fraction of sp³-hybridized carbons (Fsp3) is 0.500. The molecule has 1 aromatic rings. The van der Waals surface area contributed by atoms with Gasteiger partial charge in [-0.15, -0.1) is 0 Å². The lowest BCUT2D eigenvalue weighted by molar-refractivity contribution is 0.562. The Labute approximate surface area is 99.7 Å². The monoisotopic (exact) mass is 255 g/mol. The lowest BCUT2D eigenvalue weighted by Gasteiger charge is -2.11. The first-order valence-corrected chi connectivity index (χ1v) is 7.31. The van der Waals surface area contributed by atoms with E-state index in [1.54, 1.807) is 6.07 Å². The standard InChI is InChI=1S/C12H14FNO2S/c13-10-7-8(12(14)5-6-12)1-4-11(10)17(15,16)9-2-3-9/h1,4,7,9H,2-3,5-6,14H2. The Kier molecular flexibility index (Phi) is 2.16. The molecule has 92 valence electrons. The van der Waals surface area contributed by atoms with E-state index in [0.717, 1.165) is 12.8 Å². The molecule has 0 radical (unpaired) electrons. The maximum absolute atomic E-state index is 13.9. The molecule has 0 atom stereocenters. The summed E-state index contributed by atoms with van der Waals surface area (Å²) in [4.78, 5) is -0.173. The van der Waals surface area contributed by atoms with Crippen molar-refractivity contribution in [2.75, 3.05) is 0 Å². The van der Waals surface area contributed by atoms with Crippen LogP contribution < -0.4 is 5.73 Å². The Morgan fingerprint density at radius 2 is 1.94 bits per heavy atom. The van der Waals surface area contributed by atoms with Gasteiger partial charge < -0.3 is 5.73 Å². The molecule has 2 fully saturated rings.